The number of aryl methyl sites for hydroxylation is 2. The van der Waals surface area contributed by atoms with Gasteiger partial charge in [0, 0.05) is 10.9 Å². The zero-order valence-electron chi connectivity index (χ0n) is 16.9. The van der Waals surface area contributed by atoms with Crippen LogP contribution in [0.15, 0.2) is 34.7 Å². The van der Waals surface area contributed by atoms with Gasteiger partial charge in [-0.3, -0.25) is 9.36 Å². The Morgan fingerprint density at radius 3 is 2.79 bits per heavy atom. The molecule has 0 radical (unpaired) electrons. The molecule has 0 fully saturated rings. The van der Waals surface area contributed by atoms with E-state index in [-0.39, 0.29) is 11.5 Å². The second kappa shape index (κ2) is 8.49. The van der Waals surface area contributed by atoms with Crippen LogP contribution in [0.2, 0.25) is 0 Å². The Kier molecular flexibility index (Phi) is 5.81. The fraction of sp³-hybridized carbons (Fsp3) is 0.435. The highest BCUT2D eigenvalue weighted by atomic mass is 32.1. The van der Waals surface area contributed by atoms with Crippen LogP contribution in [0.4, 0.5) is 0 Å². The van der Waals surface area contributed by atoms with Gasteiger partial charge in [0.1, 0.15) is 10.9 Å². The predicted molar refractivity (Wildman–Crippen MR) is 117 cm³/mol. The van der Waals surface area contributed by atoms with Gasteiger partial charge in [-0.25, -0.2) is 9.78 Å². The summed E-state index contributed by atoms with van der Waals surface area (Å²) in [6.45, 7) is 4.19. The molecule has 2 aromatic heterocycles. The lowest BCUT2D eigenvalue weighted by molar-refractivity contribution is -0.147. The molecule has 0 saturated carbocycles. The molecule has 1 aliphatic carbocycles. The Hall–Kier alpha value is -2.47. The molecule has 0 aliphatic heterocycles. The number of hydrogen-bond donors (Lipinski definition) is 0. The number of esters is 1. The lowest BCUT2D eigenvalue weighted by atomic mass is 9.89. The topological polar surface area (TPSA) is 61.2 Å². The number of hydrogen-bond acceptors (Lipinski definition) is 5. The first-order valence-corrected chi connectivity index (χ1v) is 11.3. The molecule has 4 rings (SSSR count). The Morgan fingerprint density at radius 1 is 1.24 bits per heavy atom. The molecule has 0 saturated heterocycles. The highest BCUT2D eigenvalue weighted by Crippen LogP contribution is 2.33. The van der Waals surface area contributed by atoms with E-state index >= 15 is 0 Å². The number of benzene rings is 1. The summed E-state index contributed by atoms with van der Waals surface area (Å²) in [5.41, 5.74) is 4.58. The van der Waals surface area contributed by atoms with E-state index < -0.39 is 6.04 Å². The normalized spacial score (nSPS) is 14.6. The lowest BCUT2D eigenvalue weighted by Gasteiger charge is -2.17. The Balaban J connectivity index is 1.79. The van der Waals surface area contributed by atoms with Gasteiger partial charge in [-0.05, 0) is 55.2 Å². The monoisotopic (exact) mass is 410 g/mol. The molecule has 6 heteroatoms. The molecule has 1 aromatic carbocycles. The van der Waals surface area contributed by atoms with Crippen LogP contribution in [0.3, 0.4) is 0 Å². The van der Waals surface area contributed by atoms with Crippen molar-refractivity contribution in [1.82, 2.24) is 9.55 Å². The van der Waals surface area contributed by atoms with Crippen LogP contribution in [0.5, 0.6) is 0 Å². The van der Waals surface area contributed by atoms with Crippen molar-refractivity contribution in [3.63, 3.8) is 0 Å². The second-order valence-electron chi connectivity index (χ2n) is 7.57. The van der Waals surface area contributed by atoms with Gasteiger partial charge in [0.15, 0.2) is 0 Å². The van der Waals surface area contributed by atoms with Crippen LogP contribution >= 0.6 is 11.3 Å². The molecule has 1 aliphatic rings. The Bertz CT molecular complexity index is 1100. The van der Waals surface area contributed by atoms with Crippen molar-refractivity contribution in [3.05, 3.63) is 51.4 Å². The third-order valence-corrected chi connectivity index (χ3v) is 6.51. The van der Waals surface area contributed by atoms with Crippen molar-refractivity contribution in [1.29, 1.82) is 0 Å². The molecule has 29 heavy (non-hydrogen) atoms. The largest absolute Gasteiger partial charge is 0.464 e. The molecule has 0 spiro atoms. The summed E-state index contributed by atoms with van der Waals surface area (Å²) in [5.74, 6) is -0.372. The minimum absolute atomic E-state index is 0.177. The van der Waals surface area contributed by atoms with E-state index in [2.05, 4.69) is 23.2 Å². The van der Waals surface area contributed by atoms with Crippen molar-refractivity contribution in [2.45, 2.75) is 58.4 Å². The maximum Gasteiger partial charge on any atom is 0.329 e. The number of aromatic nitrogens is 2. The number of ether oxygens (including phenoxy) is 1. The maximum atomic E-state index is 13.4. The summed E-state index contributed by atoms with van der Waals surface area (Å²) in [4.78, 5) is 31.0. The van der Waals surface area contributed by atoms with Gasteiger partial charge in [0.05, 0.1) is 18.3 Å². The van der Waals surface area contributed by atoms with E-state index in [4.69, 9.17) is 4.74 Å². The van der Waals surface area contributed by atoms with Crippen molar-refractivity contribution >= 4 is 27.5 Å². The van der Waals surface area contributed by atoms with Crippen molar-refractivity contribution in [2.24, 2.45) is 0 Å². The van der Waals surface area contributed by atoms with E-state index in [1.165, 1.54) is 46.2 Å². The van der Waals surface area contributed by atoms with E-state index in [0.29, 0.717) is 23.2 Å². The van der Waals surface area contributed by atoms with Crippen LogP contribution in [0, 0.1) is 0 Å². The molecule has 1 unspecified atom stereocenters. The standard InChI is InChI=1S/C23H26N2O3S/c1-3-11-28-23(27)19(4-2)25-14-24-21-20(22(25)26)18(13-29-21)17-10-9-15-7-5-6-8-16(15)12-17/h9-10,12-14,19H,3-8,11H2,1-2H3. The van der Waals surface area contributed by atoms with Crippen LogP contribution in [-0.4, -0.2) is 22.1 Å². The second-order valence-corrected chi connectivity index (χ2v) is 8.43. The molecule has 0 amide bonds. The molecular weight excluding hydrogens is 384 g/mol. The molecule has 5 nitrogen and oxygen atoms in total. The van der Waals surface area contributed by atoms with Crippen molar-refractivity contribution < 1.29 is 9.53 Å². The first kappa shape index (κ1) is 19.8. The fourth-order valence-corrected chi connectivity index (χ4v) is 4.96. The Labute approximate surface area is 174 Å². The SMILES string of the molecule is CCCOC(=O)C(CC)n1cnc2scc(-c3ccc4c(c3)CCCC4)c2c1=O. The molecule has 0 N–H and O–H groups in total. The average molecular weight is 411 g/mol. The summed E-state index contributed by atoms with van der Waals surface area (Å²) in [5, 5.41) is 2.60. The zero-order chi connectivity index (χ0) is 20.4. The number of fused-ring (bicyclic) bond motifs is 2. The first-order valence-electron chi connectivity index (χ1n) is 10.4. The van der Waals surface area contributed by atoms with Gasteiger partial charge < -0.3 is 4.74 Å². The van der Waals surface area contributed by atoms with Gasteiger partial charge in [0.2, 0.25) is 0 Å². The highest BCUT2D eigenvalue weighted by molar-refractivity contribution is 7.17. The van der Waals surface area contributed by atoms with E-state index in [1.54, 1.807) is 0 Å². The minimum Gasteiger partial charge on any atom is -0.464 e. The average Bonchev–Trinajstić information content (AvgIpc) is 3.19. The minimum atomic E-state index is -0.651. The fourth-order valence-electron chi connectivity index (χ4n) is 4.06. The van der Waals surface area contributed by atoms with Crippen LogP contribution < -0.4 is 5.56 Å². The number of thiophene rings is 1. The van der Waals surface area contributed by atoms with Crippen LogP contribution in [0.1, 0.15) is 56.7 Å². The molecule has 2 heterocycles. The number of carbonyl (C=O) groups excluding carboxylic acids is 1. The lowest BCUT2D eigenvalue weighted by Crippen LogP contribution is -2.31. The first-order chi connectivity index (χ1) is 14.1. The number of carbonyl (C=O) groups is 1. The summed E-state index contributed by atoms with van der Waals surface area (Å²) < 4.78 is 6.74. The van der Waals surface area contributed by atoms with Crippen molar-refractivity contribution in [2.75, 3.05) is 6.61 Å². The van der Waals surface area contributed by atoms with Gasteiger partial charge in [-0.1, -0.05) is 32.0 Å². The van der Waals surface area contributed by atoms with Gasteiger partial charge in [-0.2, -0.15) is 0 Å². The van der Waals surface area contributed by atoms with E-state index in [1.807, 2.05) is 19.2 Å². The van der Waals surface area contributed by atoms with Crippen LogP contribution in [0.25, 0.3) is 21.3 Å². The molecule has 3 aromatic rings. The van der Waals surface area contributed by atoms with Gasteiger partial charge in [-0.15, -0.1) is 11.3 Å². The summed E-state index contributed by atoms with van der Waals surface area (Å²) in [6.07, 6.45) is 7.40. The molecular formula is C23H26N2O3S. The summed E-state index contributed by atoms with van der Waals surface area (Å²) in [6, 6.07) is 5.87. The van der Waals surface area contributed by atoms with E-state index in [9.17, 15) is 9.59 Å². The highest BCUT2D eigenvalue weighted by Gasteiger charge is 2.24. The predicted octanol–water partition coefficient (Wildman–Crippen LogP) is 4.91. The molecule has 1 atom stereocenters. The van der Waals surface area contributed by atoms with E-state index in [0.717, 1.165) is 30.4 Å². The number of nitrogens with zero attached hydrogens (tertiary/aromatic N) is 2. The van der Waals surface area contributed by atoms with Crippen LogP contribution in [-0.2, 0) is 22.4 Å². The van der Waals surface area contributed by atoms with Gasteiger partial charge in [0.25, 0.3) is 5.56 Å². The smallest absolute Gasteiger partial charge is 0.329 e. The Morgan fingerprint density at radius 2 is 2.03 bits per heavy atom. The zero-order valence-corrected chi connectivity index (χ0v) is 17.8. The van der Waals surface area contributed by atoms with Crippen molar-refractivity contribution in [3.8, 4) is 11.1 Å². The quantitative estimate of drug-likeness (QED) is 0.542. The summed E-state index contributed by atoms with van der Waals surface area (Å²) in [7, 11) is 0. The molecule has 152 valence electrons. The number of rotatable bonds is 6. The third kappa shape index (κ3) is 3.73. The third-order valence-electron chi connectivity index (χ3n) is 5.62. The molecule has 0 bridgehead atoms. The summed E-state index contributed by atoms with van der Waals surface area (Å²) >= 11 is 1.47. The van der Waals surface area contributed by atoms with Gasteiger partial charge >= 0.3 is 5.97 Å². The maximum absolute atomic E-state index is 13.4.